The Bertz CT molecular complexity index is 1190. The number of ether oxygens (including phenoxy) is 4. The monoisotopic (exact) mass is 436 g/mol. The van der Waals surface area contributed by atoms with Crippen LogP contribution in [0.25, 0.3) is 11.3 Å². The van der Waals surface area contributed by atoms with Crippen molar-refractivity contribution < 1.29 is 28.5 Å². The molecule has 1 aromatic heterocycles. The van der Waals surface area contributed by atoms with Crippen LogP contribution in [0.3, 0.4) is 0 Å². The molecular formula is C24H24N2O6. The van der Waals surface area contributed by atoms with Crippen LogP contribution in [0, 0.1) is 6.92 Å². The van der Waals surface area contributed by atoms with E-state index in [2.05, 4.69) is 10.3 Å². The standard InChI is InChI=1S/C24H24N2O6/c1-12-18(24(28)32-5)20(19-14-8-6-7-9-15(14)26-23(19)27)21(25-12)13-10-16(29-2)22(31-4)17(11-13)30-3/h6-11,19,25H,1-5H3,(H,26,27)/t19-/m1/s1. The van der Waals surface area contributed by atoms with E-state index in [-0.39, 0.29) is 5.91 Å². The molecule has 2 N–H and O–H groups in total. The molecule has 0 unspecified atom stereocenters. The maximum Gasteiger partial charge on any atom is 0.340 e. The van der Waals surface area contributed by atoms with Gasteiger partial charge in [-0.05, 0) is 30.7 Å². The van der Waals surface area contributed by atoms with Gasteiger partial charge in [-0.1, -0.05) is 18.2 Å². The zero-order valence-electron chi connectivity index (χ0n) is 18.5. The van der Waals surface area contributed by atoms with Crippen molar-refractivity contribution in [1.82, 2.24) is 4.98 Å². The predicted molar refractivity (Wildman–Crippen MR) is 119 cm³/mol. The highest BCUT2D eigenvalue weighted by Crippen LogP contribution is 2.47. The maximum absolute atomic E-state index is 13.1. The van der Waals surface area contributed by atoms with E-state index < -0.39 is 11.9 Å². The molecule has 3 aromatic rings. The van der Waals surface area contributed by atoms with Gasteiger partial charge in [0.1, 0.15) is 0 Å². The molecule has 166 valence electrons. The Labute approximate surface area is 185 Å². The smallest absolute Gasteiger partial charge is 0.340 e. The van der Waals surface area contributed by atoms with Gasteiger partial charge in [-0.15, -0.1) is 0 Å². The average Bonchev–Trinajstić information content (AvgIpc) is 3.32. The second-order valence-corrected chi connectivity index (χ2v) is 7.33. The van der Waals surface area contributed by atoms with E-state index in [1.165, 1.54) is 28.4 Å². The molecular weight excluding hydrogens is 412 g/mol. The van der Waals surface area contributed by atoms with Gasteiger partial charge in [-0.25, -0.2) is 4.79 Å². The zero-order valence-corrected chi connectivity index (χ0v) is 18.5. The number of para-hydroxylation sites is 1. The fourth-order valence-electron chi connectivity index (χ4n) is 4.25. The van der Waals surface area contributed by atoms with Crippen LogP contribution in [0.5, 0.6) is 17.2 Å². The second kappa shape index (κ2) is 8.30. The minimum atomic E-state index is -0.695. The number of aromatic amines is 1. The molecule has 8 nitrogen and oxygen atoms in total. The first-order valence-electron chi connectivity index (χ1n) is 9.96. The highest BCUT2D eigenvalue weighted by Gasteiger charge is 2.38. The van der Waals surface area contributed by atoms with Crippen molar-refractivity contribution in [2.75, 3.05) is 33.8 Å². The van der Waals surface area contributed by atoms with Crippen LogP contribution in [0.4, 0.5) is 5.69 Å². The van der Waals surface area contributed by atoms with Crippen LogP contribution in [-0.2, 0) is 9.53 Å². The van der Waals surface area contributed by atoms with Gasteiger partial charge < -0.3 is 29.2 Å². The zero-order chi connectivity index (χ0) is 23.0. The summed E-state index contributed by atoms with van der Waals surface area (Å²) in [7, 11) is 5.91. The number of H-pyrrole nitrogens is 1. The van der Waals surface area contributed by atoms with E-state index in [9.17, 15) is 9.59 Å². The molecule has 0 aliphatic carbocycles. The molecule has 0 saturated heterocycles. The number of aromatic nitrogens is 1. The van der Waals surface area contributed by atoms with E-state index >= 15 is 0 Å². The molecule has 0 bridgehead atoms. The largest absolute Gasteiger partial charge is 0.493 e. The van der Waals surface area contributed by atoms with E-state index in [0.717, 1.165) is 5.56 Å². The molecule has 0 radical (unpaired) electrons. The molecule has 2 aromatic carbocycles. The predicted octanol–water partition coefficient (Wildman–Crippen LogP) is 3.89. The van der Waals surface area contributed by atoms with Gasteiger partial charge in [0.15, 0.2) is 11.5 Å². The van der Waals surface area contributed by atoms with E-state index in [1.807, 2.05) is 24.3 Å². The Morgan fingerprint density at radius 2 is 1.62 bits per heavy atom. The second-order valence-electron chi connectivity index (χ2n) is 7.33. The van der Waals surface area contributed by atoms with Crippen LogP contribution in [-0.4, -0.2) is 45.3 Å². The Kier molecular flexibility index (Phi) is 5.52. The number of fused-ring (bicyclic) bond motifs is 1. The molecule has 4 rings (SSSR count). The number of methoxy groups -OCH3 is 4. The Hall–Kier alpha value is -3.94. The maximum atomic E-state index is 13.1. The lowest BCUT2D eigenvalue weighted by molar-refractivity contribution is -0.116. The summed E-state index contributed by atoms with van der Waals surface area (Å²) in [6.07, 6.45) is 0. The van der Waals surface area contributed by atoms with Crippen molar-refractivity contribution in [3.63, 3.8) is 0 Å². The first kappa shape index (κ1) is 21.3. The summed E-state index contributed by atoms with van der Waals surface area (Å²) in [5.74, 6) is -0.0828. The number of nitrogens with one attached hydrogen (secondary N) is 2. The quantitative estimate of drug-likeness (QED) is 0.569. The third-order valence-corrected chi connectivity index (χ3v) is 5.65. The Balaban J connectivity index is 2.02. The summed E-state index contributed by atoms with van der Waals surface area (Å²) < 4.78 is 21.5. The highest BCUT2D eigenvalue weighted by molar-refractivity contribution is 6.08. The first-order valence-corrected chi connectivity index (χ1v) is 9.96. The number of rotatable bonds is 6. The molecule has 0 saturated carbocycles. The van der Waals surface area contributed by atoms with Gasteiger partial charge in [-0.3, -0.25) is 4.79 Å². The van der Waals surface area contributed by atoms with Gasteiger partial charge in [-0.2, -0.15) is 0 Å². The molecule has 1 aliphatic rings. The van der Waals surface area contributed by atoms with Gasteiger partial charge in [0.05, 0.1) is 45.6 Å². The lowest BCUT2D eigenvalue weighted by atomic mass is 9.87. The van der Waals surface area contributed by atoms with Crippen LogP contribution < -0.4 is 19.5 Å². The van der Waals surface area contributed by atoms with Crippen molar-refractivity contribution in [2.24, 2.45) is 0 Å². The number of amides is 1. The SMILES string of the molecule is COC(=O)c1c(C)[nH]c(-c2cc(OC)c(OC)c(OC)c2)c1[C@@H]1C(=O)Nc2ccccc21. The van der Waals surface area contributed by atoms with E-state index in [1.54, 1.807) is 19.1 Å². The summed E-state index contributed by atoms with van der Waals surface area (Å²) >= 11 is 0. The number of anilines is 1. The molecule has 8 heteroatoms. The lowest BCUT2D eigenvalue weighted by Gasteiger charge is -2.16. The minimum absolute atomic E-state index is 0.218. The first-order chi connectivity index (χ1) is 15.4. The summed E-state index contributed by atoms with van der Waals surface area (Å²) in [4.78, 5) is 29.1. The van der Waals surface area contributed by atoms with E-state index in [0.29, 0.717) is 51.0 Å². The molecule has 2 heterocycles. The Morgan fingerprint density at radius 3 is 2.22 bits per heavy atom. The number of hydrogen-bond acceptors (Lipinski definition) is 6. The van der Waals surface area contributed by atoms with Crippen molar-refractivity contribution in [3.8, 4) is 28.5 Å². The third-order valence-electron chi connectivity index (χ3n) is 5.65. The minimum Gasteiger partial charge on any atom is -0.493 e. The summed E-state index contributed by atoms with van der Waals surface area (Å²) in [6.45, 7) is 1.77. The number of hydrogen-bond donors (Lipinski definition) is 2. The number of carbonyl (C=O) groups excluding carboxylic acids is 2. The van der Waals surface area contributed by atoms with Crippen LogP contribution >= 0.6 is 0 Å². The van der Waals surface area contributed by atoms with Gasteiger partial charge in [0.25, 0.3) is 0 Å². The average molecular weight is 436 g/mol. The fourth-order valence-corrected chi connectivity index (χ4v) is 4.25. The fraction of sp³-hybridized carbons (Fsp3) is 0.250. The molecule has 1 atom stereocenters. The van der Waals surface area contributed by atoms with Crippen LogP contribution in [0.15, 0.2) is 36.4 Å². The Morgan fingerprint density at radius 1 is 0.969 bits per heavy atom. The van der Waals surface area contributed by atoms with Crippen LogP contribution in [0.1, 0.15) is 33.1 Å². The lowest BCUT2D eigenvalue weighted by Crippen LogP contribution is -2.17. The molecule has 32 heavy (non-hydrogen) atoms. The number of carbonyl (C=O) groups is 2. The summed E-state index contributed by atoms with van der Waals surface area (Å²) in [5.41, 5.74) is 4.22. The molecule has 1 amide bonds. The highest BCUT2D eigenvalue weighted by atomic mass is 16.5. The number of aryl methyl sites for hydroxylation is 1. The number of esters is 1. The summed E-state index contributed by atoms with van der Waals surface area (Å²) in [5, 5.41) is 2.91. The molecule has 1 aliphatic heterocycles. The van der Waals surface area contributed by atoms with Crippen molar-refractivity contribution in [1.29, 1.82) is 0 Å². The van der Waals surface area contributed by atoms with Gasteiger partial charge >= 0.3 is 5.97 Å². The molecule has 0 spiro atoms. The molecule has 0 fully saturated rings. The van der Waals surface area contributed by atoms with Gasteiger partial charge in [0, 0.05) is 22.5 Å². The van der Waals surface area contributed by atoms with Crippen LogP contribution in [0.2, 0.25) is 0 Å². The van der Waals surface area contributed by atoms with Gasteiger partial charge in [0.2, 0.25) is 11.7 Å². The van der Waals surface area contributed by atoms with Crippen molar-refractivity contribution in [3.05, 3.63) is 58.8 Å². The summed E-state index contributed by atoms with van der Waals surface area (Å²) in [6, 6.07) is 11.0. The topological polar surface area (TPSA) is 98.9 Å². The number of benzene rings is 2. The van der Waals surface area contributed by atoms with Crippen molar-refractivity contribution >= 4 is 17.6 Å². The normalized spacial score (nSPS) is 14.5. The van der Waals surface area contributed by atoms with Crippen molar-refractivity contribution in [2.45, 2.75) is 12.8 Å². The van der Waals surface area contributed by atoms with E-state index in [4.69, 9.17) is 18.9 Å². The third kappa shape index (κ3) is 3.24.